The second kappa shape index (κ2) is 6.93. The van der Waals surface area contributed by atoms with Gasteiger partial charge in [-0.25, -0.2) is 0 Å². The summed E-state index contributed by atoms with van der Waals surface area (Å²) in [6.45, 7) is 10.7. The molecule has 1 aromatic carbocycles. The molecule has 0 heterocycles. The minimum Gasteiger partial charge on any atom is -0.391 e. The first-order valence-corrected chi connectivity index (χ1v) is 8.58. The zero-order chi connectivity index (χ0) is 15.5. The molecule has 0 saturated heterocycles. The van der Waals surface area contributed by atoms with E-state index in [0.29, 0.717) is 0 Å². The van der Waals surface area contributed by atoms with Crippen LogP contribution in [0.15, 0.2) is 18.2 Å². The van der Waals surface area contributed by atoms with E-state index in [1.807, 2.05) is 0 Å². The average Bonchev–Trinajstić information content (AvgIpc) is 2.95. The quantitative estimate of drug-likeness (QED) is 0.829. The van der Waals surface area contributed by atoms with E-state index in [2.05, 4.69) is 50.8 Å². The van der Waals surface area contributed by atoms with Crippen LogP contribution in [0.2, 0.25) is 0 Å². The van der Waals surface area contributed by atoms with Gasteiger partial charge >= 0.3 is 0 Å². The minimum atomic E-state index is -0.318. The van der Waals surface area contributed by atoms with Crippen LogP contribution in [-0.4, -0.2) is 34.7 Å². The number of benzene rings is 1. The van der Waals surface area contributed by atoms with Crippen molar-refractivity contribution in [3.63, 3.8) is 0 Å². The molecular weight excluding hydrogens is 258 g/mol. The van der Waals surface area contributed by atoms with E-state index in [-0.39, 0.29) is 11.6 Å². The Morgan fingerprint density at radius 1 is 1.14 bits per heavy atom. The van der Waals surface area contributed by atoms with Crippen molar-refractivity contribution in [3.8, 4) is 0 Å². The van der Waals surface area contributed by atoms with Crippen molar-refractivity contribution < 1.29 is 5.11 Å². The average molecular weight is 289 g/mol. The first-order chi connectivity index (χ1) is 10.0. The molecular formula is C19H31NO. The summed E-state index contributed by atoms with van der Waals surface area (Å²) in [5.74, 6) is 0. The van der Waals surface area contributed by atoms with Crippen LogP contribution in [0.5, 0.6) is 0 Å². The Bertz CT molecular complexity index is 467. The second-order valence-corrected chi connectivity index (χ2v) is 6.56. The predicted octanol–water partition coefficient (Wildman–Crippen LogP) is 3.59. The van der Waals surface area contributed by atoms with Gasteiger partial charge in [-0.15, -0.1) is 0 Å². The van der Waals surface area contributed by atoms with E-state index in [1.54, 1.807) is 0 Å². The van der Waals surface area contributed by atoms with Crippen molar-refractivity contribution in [2.24, 2.45) is 0 Å². The molecule has 1 aromatic rings. The Hall–Kier alpha value is -0.860. The van der Waals surface area contributed by atoms with E-state index < -0.39 is 0 Å². The van der Waals surface area contributed by atoms with E-state index in [1.165, 1.54) is 36.0 Å². The van der Waals surface area contributed by atoms with E-state index in [9.17, 15) is 5.11 Å². The Kier molecular flexibility index (Phi) is 5.45. The number of nitrogens with zero attached hydrogens (tertiary/aromatic N) is 1. The van der Waals surface area contributed by atoms with E-state index in [4.69, 9.17) is 0 Å². The fourth-order valence-corrected chi connectivity index (χ4v) is 3.81. The highest BCUT2D eigenvalue weighted by molar-refractivity contribution is 5.35. The topological polar surface area (TPSA) is 23.5 Å². The molecule has 1 aliphatic carbocycles. The van der Waals surface area contributed by atoms with Crippen molar-refractivity contribution in [2.45, 2.75) is 71.4 Å². The van der Waals surface area contributed by atoms with Crippen LogP contribution in [0.3, 0.4) is 0 Å². The molecule has 0 bridgehead atoms. The summed E-state index contributed by atoms with van der Waals surface area (Å²) in [5, 5.41) is 10.9. The SMILES string of the molecule is CCN(CC)C(C)(CC)C(O)Cc1ccc2c(c1)CCC2. The lowest BCUT2D eigenvalue weighted by Crippen LogP contribution is -2.54. The first-order valence-electron chi connectivity index (χ1n) is 8.58. The zero-order valence-electron chi connectivity index (χ0n) is 14.2. The van der Waals surface area contributed by atoms with Gasteiger partial charge < -0.3 is 5.11 Å². The Balaban J connectivity index is 2.13. The molecule has 0 aromatic heterocycles. The number of hydrogen-bond acceptors (Lipinski definition) is 2. The van der Waals surface area contributed by atoms with Gasteiger partial charge in [0.2, 0.25) is 0 Å². The standard InChI is InChI=1S/C19H31NO/c1-5-19(4,20(6-2)7-3)18(21)14-15-11-12-16-9-8-10-17(16)13-15/h11-13,18,21H,5-10,14H2,1-4H3. The van der Waals surface area contributed by atoms with Crippen LogP contribution in [0, 0.1) is 0 Å². The van der Waals surface area contributed by atoms with Gasteiger partial charge in [0.25, 0.3) is 0 Å². The molecule has 1 N–H and O–H groups in total. The molecule has 0 aliphatic heterocycles. The highest BCUT2D eigenvalue weighted by Gasteiger charge is 2.35. The summed E-state index contributed by atoms with van der Waals surface area (Å²) in [6, 6.07) is 6.81. The van der Waals surface area contributed by atoms with Gasteiger partial charge in [0.1, 0.15) is 0 Å². The summed E-state index contributed by atoms with van der Waals surface area (Å²) in [7, 11) is 0. The van der Waals surface area contributed by atoms with E-state index >= 15 is 0 Å². The molecule has 1 aliphatic rings. The van der Waals surface area contributed by atoms with Crippen LogP contribution in [0.25, 0.3) is 0 Å². The molecule has 0 saturated carbocycles. The lowest BCUT2D eigenvalue weighted by Gasteiger charge is -2.43. The van der Waals surface area contributed by atoms with Gasteiger partial charge in [-0.05, 0) is 62.4 Å². The monoisotopic (exact) mass is 289 g/mol. The van der Waals surface area contributed by atoms with Gasteiger partial charge in [-0.2, -0.15) is 0 Å². The third kappa shape index (κ3) is 3.32. The van der Waals surface area contributed by atoms with Gasteiger partial charge in [0.05, 0.1) is 6.10 Å². The van der Waals surface area contributed by atoms with Crippen molar-refractivity contribution in [1.82, 2.24) is 4.90 Å². The van der Waals surface area contributed by atoms with Gasteiger partial charge in [0, 0.05) is 12.0 Å². The zero-order valence-corrected chi connectivity index (χ0v) is 14.2. The van der Waals surface area contributed by atoms with Crippen LogP contribution in [0.4, 0.5) is 0 Å². The Morgan fingerprint density at radius 2 is 1.81 bits per heavy atom. The maximum Gasteiger partial charge on any atom is 0.0761 e. The van der Waals surface area contributed by atoms with E-state index in [0.717, 1.165) is 25.9 Å². The molecule has 0 fully saturated rings. The molecule has 0 spiro atoms. The molecule has 2 unspecified atom stereocenters. The molecule has 0 radical (unpaired) electrons. The summed E-state index contributed by atoms with van der Waals surface area (Å²) in [4.78, 5) is 2.39. The maximum absolute atomic E-state index is 10.9. The lowest BCUT2D eigenvalue weighted by molar-refractivity contribution is -0.0190. The van der Waals surface area contributed by atoms with Gasteiger partial charge in [-0.1, -0.05) is 39.0 Å². The van der Waals surface area contributed by atoms with Crippen molar-refractivity contribution in [3.05, 3.63) is 34.9 Å². The third-order valence-electron chi connectivity index (χ3n) is 5.51. The maximum atomic E-state index is 10.9. The number of hydrogen-bond donors (Lipinski definition) is 1. The molecule has 118 valence electrons. The summed E-state index contributed by atoms with van der Waals surface area (Å²) < 4.78 is 0. The molecule has 2 rings (SSSR count). The highest BCUT2D eigenvalue weighted by atomic mass is 16.3. The highest BCUT2D eigenvalue weighted by Crippen LogP contribution is 2.28. The van der Waals surface area contributed by atoms with Gasteiger partial charge in [0.15, 0.2) is 0 Å². The fraction of sp³-hybridized carbons (Fsp3) is 0.684. The number of fused-ring (bicyclic) bond motifs is 1. The summed E-state index contributed by atoms with van der Waals surface area (Å²) in [6.07, 6.45) is 5.13. The van der Waals surface area contributed by atoms with Crippen LogP contribution >= 0.6 is 0 Å². The van der Waals surface area contributed by atoms with Crippen molar-refractivity contribution >= 4 is 0 Å². The molecule has 2 nitrogen and oxygen atoms in total. The Morgan fingerprint density at radius 3 is 2.43 bits per heavy atom. The first kappa shape index (κ1) is 16.5. The summed E-state index contributed by atoms with van der Waals surface area (Å²) in [5.41, 5.74) is 4.16. The van der Waals surface area contributed by atoms with Crippen LogP contribution < -0.4 is 0 Å². The third-order valence-corrected chi connectivity index (χ3v) is 5.51. The molecule has 2 atom stereocenters. The predicted molar refractivity (Wildman–Crippen MR) is 89.8 cm³/mol. The van der Waals surface area contributed by atoms with Crippen LogP contribution in [0.1, 0.15) is 57.2 Å². The number of aryl methyl sites for hydroxylation is 2. The smallest absolute Gasteiger partial charge is 0.0761 e. The molecule has 21 heavy (non-hydrogen) atoms. The lowest BCUT2D eigenvalue weighted by atomic mass is 9.85. The number of aliphatic hydroxyl groups excluding tert-OH is 1. The number of aliphatic hydroxyl groups is 1. The fourth-order valence-electron chi connectivity index (χ4n) is 3.81. The Labute approximate surface area is 130 Å². The molecule has 0 amide bonds. The number of rotatable bonds is 7. The largest absolute Gasteiger partial charge is 0.391 e. The van der Waals surface area contributed by atoms with Crippen LogP contribution in [-0.2, 0) is 19.3 Å². The normalized spacial score (nSPS) is 18.6. The van der Waals surface area contributed by atoms with Crippen molar-refractivity contribution in [2.75, 3.05) is 13.1 Å². The van der Waals surface area contributed by atoms with Gasteiger partial charge in [-0.3, -0.25) is 4.90 Å². The number of likely N-dealkylation sites (N-methyl/N-ethyl adjacent to an activating group) is 1. The second-order valence-electron chi connectivity index (χ2n) is 6.56. The van der Waals surface area contributed by atoms with Crippen molar-refractivity contribution in [1.29, 1.82) is 0 Å². The summed E-state index contributed by atoms with van der Waals surface area (Å²) >= 11 is 0. The molecule has 2 heteroatoms. The minimum absolute atomic E-state index is 0.136.